The number of nitrogens with zero attached hydrogens (tertiary/aromatic N) is 1. The molecule has 1 saturated heterocycles. The molecule has 3 unspecified atom stereocenters. The lowest BCUT2D eigenvalue weighted by molar-refractivity contribution is 0.240. The minimum Gasteiger partial charge on any atom is -0.329 e. The summed E-state index contributed by atoms with van der Waals surface area (Å²) in [4.78, 5) is 2.41. The van der Waals surface area contributed by atoms with Crippen molar-refractivity contribution < 1.29 is 4.39 Å². The van der Waals surface area contributed by atoms with E-state index in [1.165, 1.54) is 6.07 Å². The molecular weight excluding hydrogens is 295 g/mol. The summed E-state index contributed by atoms with van der Waals surface area (Å²) < 4.78 is 13.8. The van der Waals surface area contributed by atoms with Crippen LogP contribution in [-0.2, 0) is 0 Å². The van der Waals surface area contributed by atoms with Crippen LogP contribution in [0, 0.1) is 17.7 Å². The third-order valence-electron chi connectivity index (χ3n) is 4.01. The van der Waals surface area contributed by atoms with E-state index in [2.05, 4.69) is 34.7 Å². The van der Waals surface area contributed by atoms with Gasteiger partial charge in [0, 0.05) is 25.7 Å². The molecule has 2 nitrogen and oxygen atoms in total. The van der Waals surface area contributed by atoms with Crippen LogP contribution in [0.3, 0.4) is 0 Å². The van der Waals surface area contributed by atoms with Gasteiger partial charge >= 0.3 is 0 Å². The molecule has 2 rings (SSSR count). The Morgan fingerprint density at radius 1 is 1.39 bits per heavy atom. The van der Waals surface area contributed by atoms with Crippen LogP contribution < -0.4 is 5.73 Å². The summed E-state index contributed by atoms with van der Waals surface area (Å²) >= 11 is 3.24. The van der Waals surface area contributed by atoms with Crippen molar-refractivity contribution in [3.05, 3.63) is 34.1 Å². The Bertz CT molecular complexity index is 414. The summed E-state index contributed by atoms with van der Waals surface area (Å²) in [6.45, 7) is 7.26. The van der Waals surface area contributed by atoms with Gasteiger partial charge in [0.1, 0.15) is 5.82 Å². The van der Waals surface area contributed by atoms with Crippen LogP contribution in [0.4, 0.5) is 4.39 Å². The summed E-state index contributed by atoms with van der Waals surface area (Å²) in [5.74, 6) is 1.17. The average molecular weight is 315 g/mol. The highest BCUT2D eigenvalue weighted by molar-refractivity contribution is 9.10. The van der Waals surface area contributed by atoms with E-state index in [9.17, 15) is 4.39 Å². The molecule has 3 atom stereocenters. The first-order chi connectivity index (χ1) is 8.52. The molecule has 0 aliphatic carbocycles. The maximum Gasteiger partial charge on any atom is 0.137 e. The largest absolute Gasteiger partial charge is 0.329 e. The van der Waals surface area contributed by atoms with Gasteiger partial charge in [0.25, 0.3) is 0 Å². The number of likely N-dealkylation sites (tertiary alicyclic amines) is 1. The van der Waals surface area contributed by atoms with E-state index in [0.29, 0.717) is 22.9 Å². The molecule has 0 aromatic heterocycles. The molecule has 1 aliphatic heterocycles. The molecule has 1 aromatic carbocycles. The molecule has 0 spiro atoms. The second kappa shape index (κ2) is 5.68. The first kappa shape index (κ1) is 14.0. The Morgan fingerprint density at radius 3 is 2.50 bits per heavy atom. The maximum absolute atomic E-state index is 13.3. The molecule has 1 fully saturated rings. The van der Waals surface area contributed by atoms with Crippen LogP contribution in [0.1, 0.15) is 25.5 Å². The normalized spacial score (nSPS) is 26.5. The zero-order chi connectivity index (χ0) is 13.3. The number of halogens is 2. The quantitative estimate of drug-likeness (QED) is 0.928. The number of nitrogens with two attached hydrogens (primary N) is 1. The standard InChI is InChI=1S/C14H20BrFN2/c1-9-7-18(8-10(9)2)14(6-17)11-3-4-13(16)12(15)5-11/h3-5,9-10,14H,6-8,17H2,1-2H3. The molecule has 2 N–H and O–H groups in total. The van der Waals surface area contributed by atoms with E-state index in [1.54, 1.807) is 0 Å². The molecule has 100 valence electrons. The number of hydrogen-bond donors (Lipinski definition) is 1. The van der Waals surface area contributed by atoms with E-state index in [-0.39, 0.29) is 11.9 Å². The summed E-state index contributed by atoms with van der Waals surface area (Å²) in [7, 11) is 0. The van der Waals surface area contributed by atoms with Gasteiger partial charge < -0.3 is 5.73 Å². The van der Waals surface area contributed by atoms with Gasteiger partial charge in [0.2, 0.25) is 0 Å². The third kappa shape index (κ3) is 2.76. The number of benzene rings is 1. The second-order valence-electron chi connectivity index (χ2n) is 5.33. The van der Waals surface area contributed by atoms with Crippen LogP contribution in [0.15, 0.2) is 22.7 Å². The Hall–Kier alpha value is -0.450. The van der Waals surface area contributed by atoms with Crippen molar-refractivity contribution in [2.45, 2.75) is 19.9 Å². The average Bonchev–Trinajstić information content (AvgIpc) is 2.65. The summed E-state index contributed by atoms with van der Waals surface area (Å²) in [5, 5.41) is 0. The summed E-state index contributed by atoms with van der Waals surface area (Å²) in [6, 6.07) is 5.38. The third-order valence-corrected chi connectivity index (χ3v) is 4.62. The highest BCUT2D eigenvalue weighted by Crippen LogP contribution is 2.31. The highest BCUT2D eigenvalue weighted by Gasteiger charge is 2.31. The minimum atomic E-state index is -0.224. The van der Waals surface area contributed by atoms with E-state index in [4.69, 9.17) is 5.73 Å². The fraction of sp³-hybridized carbons (Fsp3) is 0.571. The van der Waals surface area contributed by atoms with Crippen LogP contribution in [0.5, 0.6) is 0 Å². The van der Waals surface area contributed by atoms with Gasteiger partial charge in [-0.15, -0.1) is 0 Å². The lowest BCUT2D eigenvalue weighted by Crippen LogP contribution is -2.32. The van der Waals surface area contributed by atoms with Gasteiger partial charge in [-0.2, -0.15) is 0 Å². The SMILES string of the molecule is CC1CN(C(CN)c2ccc(F)c(Br)c2)CC1C. The molecule has 1 aromatic rings. The van der Waals surface area contributed by atoms with Gasteiger partial charge in [-0.1, -0.05) is 19.9 Å². The van der Waals surface area contributed by atoms with E-state index >= 15 is 0 Å². The highest BCUT2D eigenvalue weighted by atomic mass is 79.9. The fourth-order valence-corrected chi connectivity index (χ4v) is 3.04. The van der Waals surface area contributed by atoms with Crippen molar-refractivity contribution in [2.75, 3.05) is 19.6 Å². The van der Waals surface area contributed by atoms with Crippen molar-refractivity contribution in [3.63, 3.8) is 0 Å². The first-order valence-corrected chi connectivity index (χ1v) is 7.21. The smallest absolute Gasteiger partial charge is 0.137 e. The molecule has 0 bridgehead atoms. The minimum absolute atomic E-state index is 0.189. The van der Waals surface area contributed by atoms with Gasteiger partial charge in [0.05, 0.1) is 4.47 Å². The fourth-order valence-electron chi connectivity index (χ4n) is 2.64. The molecular formula is C14H20BrFN2. The van der Waals surface area contributed by atoms with Gasteiger partial charge in [0.15, 0.2) is 0 Å². The zero-order valence-electron chi connectivity index (χ0n) is 10.9. The molecule has 0 radical (unpaired) electrons. The van der Waals surface area contributed by atoms with Crippen molar-refractivity contribution >= 4 is 15.9 Å². The molecule has 4 heteroatoms. The van der Waals surface area contributed by atoms with Crippen molar-refractivity contribution in [1.82, 2.24) is 4.90 Å². The summed E-state index contributed by atoms with van der Waals surface area (Å²) in [5.41, 5.74) is 7.00. The van der Waals surface area contributed by atoms with E-state index in [0.717, 1.165) is 18.7 Å². The topological polar surface area (TPSA) is 29.3 Å². The van der Waals surface area contributed by atoms with Crippen LogP contribution in [0.2, 0.25) is 0 Å². The zero-order valence-corrected chi connectivity index (χ0v) is 12.5. The van der Waals surface area contributed by atoms with Gasteiger partial charge in [-0.25, -0.2) is 4.39 Å². The van der Waals surface area contributed by atoms with Gasteiger partial charge in [-0.05, 0) is 45.5 Å². The molecule has 0 saturated carbocycles. The van der Waals surface area contributed by atoms with Crippen LogP contribution >= 0.6 is 15.9 Å². The molecule has 0 amide bonds. The first-order valence-electron chi connectivity index (χ1n) is 6.42. The molecule has 18 heavy (non-hydrogen) atoms. The van der Waals surface area contributed by atoms with Crippen LogP contribution in [0.25, 0.3) is 0 Å². The number of hydrogen-bond acceptors (Lipinski definition) is 2. The Labute approximate surface area is 116 Å². The van der Waals surface area contributed by atoms with Crippen molar-refractivity contribution in [2.24, 2.45) is 17.6 Å². The summed E-state index contributed by atoms with van der Waals surface area (Å²) in [6.07, 6.45) is 0. The Kier molecular flexibility index (Phi) is 4.41. The predicted octanol–water partition coefficient (Wildman–Crippen LogP) is 3.18. The van der Waals surface area contributed by atoms with Crippen molar-refractivity contribution in [1.29, 1.82) is 0 Å². The molecule has 1 aliphatic rings. The maximum atomic E-state index is 13.3. The van der Waals surface area contributed by atoms with Crippen molar-refractivity contribution in [3.8, 4) is 0 Å². The van der Waals surface area contributed by atoms with Crippen LogP contribution in [-0.4, -0.2) is 24.5 Å². The second-order valence-corrected chi connectivity index (χ2v) is 6.19. The predicted molar refractivity (Wildman–Crippen MR) is 75.8 cm³/mol. The van der Waals surface area contributed by atoms with E-state index < -0.39 is 0 Å². The van der Waals surface area contributed by atoms with E-state index in [1.807, 2.05) is 12.1 Å². The lowest BCUT2D eigenvalue weighted by Gasteiger charge is -2.27. The Morgan fingerprint density at radius 2 is 2.00 bits per heavy atom. The lowest BCUT2D eigenvalue weighted by atomic mass is 10.0. The number of rotatable bonds is 3. The Balaban J connectivity index is 2.20. The molecule has 1 heterocycles. The van der Waals surface area contributed by atoms with Gasteiger partial charge in [-0.3, -0.25) is 4.90 Å². The monoisotopic (exact) mass is 314 g/mol.